The Bertz CT molecular complexity index is 794. The van der Waals surface area contributed by atoms with Gasteiger partial charge in [0.25, 0.3) is 10.0 Å². The van der Waals surface area contributed by atoms with E-state index in [2.05, 4.69) is 20.0 Å². The minimum absolute atomic E-state index is 0.0105. The van der Waals surface area contributed by atoms with Gasteiger partial charge in [0.05, 0.1) is 4.90 Å². The van der Waals surface area contributed by atoms with Crippen molar-refractivity contribution in [3.63, 3.8) is 0 Å². The Balaban J connectivity index is 2.13. The number of anilines is 2. The Morgan fingerprint density at radius 2 is 1.92 bits per heavy atom. The average Bonchev–Trinajstić information content (AvgIpc) is 2.55. The van der Waals surface area contributed by atoms with E-state index < -0.39 is 10.0 Å². The fraction of sp³-hybridized carbons (Fsp3) is 0.312. The average molecular weight is 348 g/mol. The molecule has 0 aliphatic heterocycles. The van der Waals surface area contributed by atoms with Crippen LogP contribution in [0.25, 0.3) is 0 Å². The van der Waals surface area contributed by atoms with Crippen molar-refractivity contribution in [2.45, 2.75) is 31.6 Å². The van der Waals surface area contributed by atoms with Crippen molar-refractivity contribution in [2.24, 2.45) is 5.92 Å². The topological polar surface area (TPSA) is 101 Å². The van der Waals surface area contributed by atoms with Gasteiger partial charge in [-0.15, -0.1) is 0 Å². The summed E-state index contributed by atoms with van der Waals surface area (Å²) in [5.74, 6) is 0.121. The maximum Gasteiger partial charge on any atom is 0.264 e. The number of sulfonamides is 1. The van der Waals surface area contributed by atoms with Crippen LogP contribution >= 0.6 is 0 Å². The molecule has 7 nitrogen and oxygen atoms in total. The number of carbonyl (C=O) groups is 1. The molecule has 0 saturated carbocycles. The first-order chi connectivity index (χ1) is 11.4. The van der Waals surface area contributed by atoms with E-state index in [9.17, 15) is 13.2 Å². The van der Waals surface area contributed by atoms with Gasteiger partial charge in [-0.1, -0.05) is 26.3 Å². The molecule has 0 radical (unpaired) electrons. The van der Waals surface area contributed by atoms with Crippen LogP contribution in [-0.2, 0) is 14.8 Å². The van der Waals surface area contributed by atoms with Crippen LogP contribution in [0.4, 0.5) is 11.6 Å². The molecule has 24 heavy (non-hydrogen) atoms. The molecule has 0 unspecified atom stereocenters. The summed E-state index contributed by atoms with van der Waals surface area (Å²) in [7, 11) is -3.83. The molecule has 1 heterocycles. The van der Waals surface area contributed by atoms with Gasteiger partial charge in [0.15, 0.2) is 0 Å². The molecule has 2 rings (SSSR count). The summed E-state index contributed by atoms with van der Waals surface area (Å²) < 4.78 is 27.0. The summed E-state index contributed by atoms with van der Waals surface area (Å²) in [6.07, 6.45) is 4.18. The van der Waals surface area contributed by atoms with Crippen LogP contribution in [0.3, 0.4) is 0 Å². The largest absolute Gasteiger partial charge is 0.326 e. The van der Waals surface area contributed by atoms with Crippen molar-refractivity contribution >= 4 is 27.6 Å². The number of hydrogen-bond acceptors (Lipinski definition) is 5. The predicted octanol–water partition coefficient (Wildman–Crippen LogP) is 2.65. The van der Waals surface area contributed by atoms with E-state index in [1.807, 2.05) is 13.8 Å². The summed E-state index contributed by atoms with van der Waals surface area (Å²) in [6.45, 7) is 4.01. The first kappa shape index (κ1) is 17.9. The van der Waals surface area contributed by atoms with E-state index in [1.165, 1.54) is 24.5 Å². The third-order valence-corrected chi connectivity index (χ3v) is 4.78. The molecule has 0 saturated heterocycles. The second kappa shape index (κ2) is 7.87. The summed E-state index contributed by atoms with van der Waals surface area (Å²) in [4.78, 5) is 19.6. The smallest absolute Gasteiger partial charge is 0.264 e. The Kier molecular flexibility index (Phi) is 5.86. The highest BCUT2D eigenvalue weighted by Crippen LogP contribution is 2.18. The van der Waals surface area contributed by atoms with Gasteiger partial charge >= 0.3 is 0 Å². The van der Waals surface area contributed by atoms with Crippen LogP contribution < -0.4 is 10.0 Å². The molecule has 0 aliphatic rings. The fourth-order valence-electron chi connectivity index (χ4n) is 1.94. The van der Waals surface area contributed by atoms with Crippen molar-refractivity contribution in [3.8, 4) is 0 Å². The Morgan fingerprint density at radius 1 is 1.21 bits per heavy atom. The van der Waals surface area contributed by atoms with Crippen molar-refractivity contribution in [1.82, 2.24) is 9.97 Å². The van der Waals surface area contributed by atoms with Crippen molar-refractivity contribution in [3.05, 3.63) is 42.7 Å². The van der Waals surface area contributed by atoms with Crippen LogP contribution in [0.15, 0.2) is 47.6 Å². The Hall–Kier alpha value is -2.48. The molecular weight excluding hydrogens is 328 g/mol. The SMILES string of the molecule is CC[C@H](C)CC(=O)Nc1cccc(S(=O)(=O)Nc2ncccn2)c1. The van der Waals surface area contributed by atoms with E-state index in [0.29, 0.717) is 12.1 Å². The maximum absolute atomic E-state index is 12.4. The first-order valence-electron chi connectivity index (χ1n) is 7.60. The Morgan fingerprint density at radius 3 is 2.58 bits per heavy atom. The zero-order valence-electron chi connectivity index (χ0n) is 13.6. The van der Waals surface area contributed by atoms with E-state index in [4.69, 9.17) is 0 Å². The maximum atomic E-state index is 12.4. The number of rotatable bonds is 7. The zero-order chi connectivity index (χ0) is 17.6. The summed E-state index contributed by atoms with van der Waals surface area (Å²) in [6, 6.07) is 7.65. The molecule has 128 valence electrons. The van der Waals surface area contributed by atoms with Gasteiger partial charge in [-0.2, -0.15) is 0 Å². The molecule has 0 fully saturated rings. The standard InChI is InChI=1S/C16H20N4O3S/c1-3-12(2)10-15(21)19-13-6-4-7-14(11-13)24(22,23)20-16-17-8-5-9-18-16/h4-9,11-12H,3,10H2,1-2H3,(H,19,21)(H,17,18,20)/t12-/m0/s1. The number of amides is 1. The number of carbonyl (C=O) groups excluding carboxylic acids is 1. The number of nitrogens with zero attached hydrogens (tertiary/aromatic N) is 2. The first-order valence-corrected chi connectivity index (χ1v) is 9.09. The molecule has 2 aromatic rings. The lowest BCUT2D eigenvalue weighted by Crippen LogP contribution is -2.17. The van der Waals surface area contributed by atoms with Gasteiger partial charge in [-0.25, -0.2) is 23.1 Å². The highest BCUT2D eigenvalue weighted by Gasteiger charge is 2.16. The number of aromatic nitrogens is 2. The minimum Gasteiger partial charge on any atom is -0.326 e. The quantitative estimate of drug-likeness (QED) is 0.801. The lowest BCUT2D eigenvalue weighted by molar-refractivity contribution is -0.117. The monoisotopic (exact) mass is 348 g/mol. The van der Waals surface area contributed by atoms with Gasteiger partial charge in [-0.05, 0) is 30.2 Å². The highest BCUT2D eigenvalue weighted by molar-refractivity contribution is 7.92. The Labute approximate surface area is 141 Å². The van der Waals surface area contributed by atoms with Crippen molar-refractivity contribution in [1.29, 1.82) is 0 Å². The fourth-order valence-corrected chi connectivity index (χ4v) is 2.95. The second-order valence-electron chi connectivity index (χ2n) is 5.47. The zero-order valence-corrected chi connectivity index (χ0v) is 14.4. The molecule has 2 N–H and O–H groups in total. The molecule has 0 aliphatic carbocycles. The van der Waals surface area contributed by atoms with Crippen LogP contribution in [0, 0.1) is 5.92 Å². The van der Waals surface area contributed by atoms with Crippen LogP contribution in [-0.4, -0.2) is 24.3 Å². The van der Waals surface area contributed by atoms with E-state index in [1.54, 1.807) is 18.2 Å². The molecule has 1 aromatic carbocycles. The summed E-state index contributed by atoms with van der Waals surface area (Å²) >= 11 is 0. The predicted molar refractivity (Wildman–Crippen MR) is 92.0 cm³/mol. The molecule has 8 heteroatoms. The lowest BCUT2D eigenvalue weighted by atomic mass is 10.1. The van der Waals surface area contributed by atoms with Gasteiger partial charge in [0, 0.05) is 24.5 Å². The van der Waals surface area contributed by atoms with Gasteiger partial charge < -0.3 is 5.32 Å². The molecule has 1 aromatic heterocycles. The normalized spacial score (nSPS) is 12.4. The molecule has 0 bridgehead atoms. The molecular formula is C16H20N4O3S. The molecule has 1 atom stereocenters. The van der Waals surface area contributed by atoms with E-state index in [0.717, 1.165) is 6.42 Å². The molecule has 0 spiro atoms. The molecule has 1 amide bonds. The van der Waals surface area contributed by atoms with Crippen molar-refractivity contribution < 1.29 is 13.2 Å². The van der Waals surface area contributed by atoms with Crippen LogP contribution in [0.5, 0.6) is 0 Å². The van der Waals surface area contributed by atoms with Crippen molar-refractivity contribution in [2.75, 3.05) is 10.0 Å². The second-order valence-corrected chi connectivity index (χ2v) is 7.15. The van der Waals surface area contributed by atoms with E-state index >= 15 is 0 Å². The number of hydrogen-bond donors (Lipinski definition) is 2. The number of benzene rings is 1. The minimum atomic E-state index is -3.83. The summed E-state index contributed by atoms with van der Waals surface area (Å²) in [5, 5.41) is 2.72. The lowest BCUT2D eigenvalue weighted by Gasteiger charge is -2.11. The van der Waals surface area contributed by atoms with Gasteiger partial charge in [0.1, 0.15) is 0 Å². The van der Waals surface area contributed by atoms with Gasteiger partial charge in [0.2, 0.25) is 11.9 Å². The third kappa shape index (κ3) is 5.02. The summed E-state index contributed by atoms with van der Waals surface area (Å²) in [5.41, 5.74) is 0.431. The highest BCUT2D eigenvalue weighted by atomic mass is 32.2. The number of nitrogens with one attached hydrogen (secondary N) is 2. The third-order valence-electron chi connectivity index (χ3n) is 3.45. The van der Waals surface area contributed by atoms with Gasteiger partial charge in [-0.3, -0.25) is 4.79 Å². The van der Waals surface area contributed by atoms with E-state index in [-0.39, 0.29) is 22.7 Å². The van der Waals surface area contributed by atoms with Crippen LogP contribution in [0.1, 0.15) is 26.7 Å². The van der Waals surface area contributed by atoms with Crippen LogP contribution in [0.2, 0.25) is 0 Å².